The van der Waals surface area contributed by atoms with Crippen molar-refractivity contribution in [2.45, 2.75) is 58.2 Å². The Morgan fingerprint density at radius 1 is 1.47 bits per heavy atom. The average molecular weight is 267 g/mol. The molecule has 0 saturated heterocycles. The first-order chi connectivity index (χ1) is 9.20. The molecule has 1 N–H and O–H groups in total. The maximum Gasteiger partial charge on any atom is 0.317 e. The molecule has 0 spiro atoms. The van der Waals surface area contributed by atoms with E-state index in [0.29, 0.717) is 12.6 Å². The van der Waals surface area contributed by atoms with Crippen LogP contribution in [0.1, 0.15) is 44.9 Å². The summed E-state index contributed by atoms with van der Waals surface area (Å²) in [6.45, 7) is 3.42. The van der Waals surface area contributed by atoms with E-state index in [-0.39, 0.29) is 6.54 Å². The van der Waals surface area contributed by atoms with Crippen LogP contribution in [0.5, 0.6) is 0 Å². The van der Waals surface area contributed by atoms with Gasteiger partial charge >= 0.3 is 5.97 Å². The predicted molar refractivity (Wildman–Crippen MR) is 68.4 cm³/mol. The lowest BCUT2D eigenvalue weighted by Crippen LogP contribution is -2.37. The van der Waals surface area contributed by atoms with Gasteiger partial charge in [0.2, 0.25) is 0 Å². The SMILES string of the molecule is CCCn1nnnc1CN(CC(=O)O)C1CCCC1. The van der Waals surface area contributed by atoms with Crippen LogP contribution in [0.4, 0.5) is 0 Å². The standard InChI is InChI=1S/C12H21N5O2/c1-2-7-17-11(13-14-15-17)8-16(9-12(18)19)10-5-3-4-6-10/h10H,2-9H2,1H3,(H,18,19). The summed E-state index contributed by atoms with van der Waals surface area (Å²) in [5.41, 5.74) is 0. The van der Waals surface area contributed by atoms with E-state index in [1.165, 1.54) is 12.8 Å². The Morgan fingerprint density at radius 2 is 2.21 bits per heavy atom. The molecule has 1 fully saturated rings. The van der Waals surface area contributed by atoms with E-state index in [1.807, 2.05) is 4.90 Å². The molecule has 1 heterocycles. The largest absolute Gasteiger partial charge is 0.480 e. The Bertz CT molecular complexity index is 414. The van der Waals surface area contributed by atoms with Crippen molar-refractivity contribution in [3.8, 4) is 0 Å². The van der Waals surface area contributed by atoms with Crippen molar-refractivity contribution in [2.75, 3.05) is 6.54 Å². The fourth-order valence-corrected chi connectivity index (χ4v) is 2.66. The first kappa shape index (κ1) is 13.9. The van der Waals surface area contributed by atoms with Gasteiger partial charge in [-0.3, -0.25) is 9.69 Å². The van der Waals surface area contributed by atoms with Gasteiger partial charge in [0, 0.05) is 12.6 Å². The van der Waals surface area contributed by atoms with E-state index < -0.39 is 5.97 Å². The number of aryl methyl sites for hydroxylation is 1. The molecule has 0 atom stereocenters. The van der Waals surface area contributed by atoms with Gasteiger partial charge in [-0.05, 0) is 29.7 Å². The lowest BCUT2D eigenvalue weighted by Gasteiger charge is -2.26. The topological polar surface area (TPSA) is 84.1 Å². The van der Waals surface area contributed by atoms with Gasteiger partial charge in [0.25, 0.3) is 0 Å². The van der Waals surface area contributed by atoms with Gasteiger partial charge in [0.15, 0.2) is 5.82 Å². The Hall–Kier alpha value is -1.50. The number of carboxylic acid groups (broad SMARTS) is 1. The summed E-state index contributed by atoms with van der Waals surface area (Å²) in [4.78, 5) is 13.0. The molecule has 0 aliphatic heterocycles. The summed E-state index contributed by atoms with van der Waals surface area (Å²) in [5.74, 6) is -0.0311. The highest BCUT2D eigenvalue weighted by molar-refractivity contribution is 5.69. The maximum absolute atomic E-state index is 11.0. The fraction of sp³-hybridized carbons (Fsp3) is 0.833. The third-order valence-electron chi connectivity index (χ3n) is 3.57. The van der Waals surface area contributed by atoms with Gasteiger partial charge in [0.05, 0.1) is 13.1 Å². The average Bonchev–Trinajstić information content (AvgIpc) is 3.00. The number of carboxylic acids is 1. The highest BCUT2D eigenvalue weighted by Gasteiger charge is 2.25. The van der Waals surface area contributed by atoms with Gasteiger partial charge in [-0.1, -0.05) is 19.8 Å². The second-order valence-electron chi connectivity index (χ2n) is 5.06. The van der Waals surface area contributed by atoms with Crippen LogP contribution >= 0.6 is 0 Å². The zero-order valence-electron chi connectivity index (χ0n) is 11.3. The molecular formula is C12H21N5O2. The molecule has 1 aliphatic carbocycles. The minimum atomic E-state index is -0.790. The molecular weight excluding hydrogens is 246 g/mol. The summed E-state index contributed by atoms with van der Waals surface area (Å²) in [6, 6.07) is 0.350. The lowest BCUT2D eigenvalue weighted by atomic mass is 10.2. The number of tetrazole rings is 1. The van der Waals surface area contributed by atoms with E-state index in [4.69, 9.17) is 5.11 Å². The van der Waals surface area contributed by atoms with Gasteiger partial charge in [-0.2, -0.15) is 0 Å². The quantitative estimate of drug-likeness (QED) is 0.790. The molecule has 0 radical (unpaired) electrons. The molecule has 19 heavy (non-hydrogen) atoms. The molecule has 7 nitrogen and oxygen atoms in total. The number of hydrogen-bond donors (Lipinski definition) is 1. The molecule has 0 unspecified atom stereocenters. The third kappa shape index (κ3) is 3.73. The second kappa shape index (κ2) is 6.60. The van der Waals surface area contributed by atoms with Crippen molar-refractivity contribution in [1.29, 1.82) is 0 Å². The number of nitrogens with zero attached hydrogens (tertiary/aromatic N) is 5. The van der Waals surface area contributed by atoms with E-state index in [0.717, 1.165) is 31.6 Å². The minimum Gasteiger partial charge on any atom is -0.480 e. The van der Waals surface area contributed by atoms with Crippen LogP contribution in [0.15, 0.2) is 0 Å². The van der Waals surface area contributed by atoms with E-state index in [9.17, 15) is 4.79 Å². The van der Waals surface area contributed by atoms with Crippen LogP contribution in [-0.2, 0) is 17.9 Å². The highest BCUT2D eigenvalue weighted by Crippen LogP contribution is 2.24. The van der Waals surface area contributed by atoms with Crippen molar-refractivity contribution in [1.82, 2.24) is 25.1 Å². The second-order valence-corrected chi connectivity index (χ2v) is 5.06. The van der Waals surface area contributed by atoms with E-state index >= 15 is 0 Å². The molecule has 0 aromatic carbocycles. The van der Waals surface area contributed by atoms with Crippen LogP contribution in [0.25, 0.3) is 0 Å². The molecule has 0 bridgehead atoms. The lowest BCUT2D eigenvalue weighted by molar-refractivity contribution is -0.139. The van der Waals surface area contributed by atoms with Crippen molar-refractivity contribution in [2.24, 2.45) is 0 Å². The smallest absolute Gasteiger partial charge is 0.317 e. The first-order valence-corrected chi connectivity index (χ1v) is 6.91. The van der Waals surface area contributed by atoms with Gasteiger partial charge in [0.1, 0.15) is 0 Å². The summed E-state index contributed by atoms with van der Waals surface area (Å²) in [7, 11) is 0. The molecule has 106 valence electrons. The molecule has 7 heteroatoms. The van der Waals surface area contributed by atoms with Crippen LogP contribution in [0, 0.1) is 0 Å². The zero-order valence-corrected chi connectivity index (χ0v) is 11.3. The Balaban J connectivity index is 2.05. The fourth-order valence-electron chi connectivity index (χ4n) is 2.66. The van der Waals surface area contributed by atoms with Crippen LogP contribution in [0.3, 0.4) is 0 Å². The van der Waals surface area contributed by atoms with Gasteiger partial charge < -0.3 is 5.11 Å². The normalized spacial score (nSPS) is 16.3. The number of aromatic nitrogens is 4. The summed E-state index contributed by atoms with van der Waals surface area (Å²) in [6.07, 6.45) is 5.47. The number of rotatable bonds is 7. The molecule has 2 rings (SSSR count). The van der Waals surface area contributed by atoms with E-state index in [2.05, 4.69) is 22.4 Å². The zero-order chi connectivity index (χ0) is 13.7. The summed E-state index contributed by atoms with van der Waals surface area (Å²) < 4.78 is 1.77. The number of aliphatic carboxylic acids is 1. The van der Waals surface area contributed by atoms with Gasteiger partial charge in [-0.25, -0.2) is 4.68 Å². The van der Waals surface area contributed by atoms with Crippen LogP contribution in [-0.4, -0.2) is 48.8 Å². The summed E-state index contributed by atoms with van der Waals surface area (Å²) >= 11 is 0. The Kier molecular flexibility index (Phi) is 4.84. The Labute approximate surface area is 112 Å². The molecule has 1 aliphatic rings. The van der Waals surface area contributed by atoms with Crippen molar-refractivity contribution >= 4 is 5.97 Å². The highest BCUT2D eigenvalue weighted by atomic mass is 16.4. The van der Waals surface area contributed by atoms with Gasteiger partial charge in [-0.15, -0.1) is 5.10 Å². The van der Waals surface area contributed by atoms with Crippen molar-refractivity contribution in [3.05, 3.63) is 5.82 Å². The molecule has 1 saturated carbocycles. The first-order valence-electron chi connectivity index (χ1n) is 6.91. The molecule has 1 aromatic rings. The maximum atomic E-state index is 11.0. The van der Waals surface area contributed by atoms with E-state index in [1.54, 1.807) is 4.68 Å². The predicted octanol–water partition coefficient (Wildman–Crippen LogP) is 0.912. The monoisotopic (exact) mass is 267 g/mol. The molecule has 1 aromatic heterocycles. The van der Waals surface area contributed by atoms with Crippen LogP contribution < -0.4 is 0 Å². The third-order valence-corrected chi connectivity index (χ3v) is 3.57. The van der Waals surface area contributed by atoms with Crippen LogP contribution in [0.2, 0.25) is 0 Å². The minimum absolute atomic E-state index is 0.0592. The summed E-state index contributed by atoms with van der Waals surface area (Å²) in [5, 5.41) is 20.7. The number of carbonyl (C=O) groups is 1. The molecule has 0 amide bonds. The Morgan fingerprint density at radius 3 is 2.84 bits per heavy atom. The van der Waals surface area contributed by atoms with Crippen molar-refractivity contribution in [3.63, 3.8) is 0 Å². The van der Waals surface area contributed by atoms with Crippen molar-refractivity contribution < 1.29 is 9.90 Å². The number of hydrogen-bond acceptors (Lipinski definition) is 5.